The number of thiocarbonyl (C=S) groups is 1. The molecule has 0 unspecified atom stereocenters. The molecule has 0 aliphatic heterocycles. The SMILES string of the molecule is NC(=S)N(O)C1CC(c2cccc(Oc3ccc(F)cc3)c2)C1. The maximum absolute atomic E-state index is 12.9. The summed E-state index contributed by atoms with van der Waals surface area (Å²) in [4.78, 5) is 0. The van der Waals surface area contributed by atoms with Gasteiger partial charge < -0.3 is 10.5 Å². The fraction of sp³-hybridized carbons (Fsp3) is 0.235. The van der Waals surface area contributed by atoms with Gasteiger partial charge in [-0.25, -0.2) is 9.45 Å². The van der Waals surface area contributed by atoms with Crippen molar-refractivity contribution >= 4 is 17.3 Å². The largest absolute Gasteiger partial charge is 0.457 e. The molecule has 23 heavy (non-hydrogen) atoms. The van der Waals surface area contributed by atoms with Gasteiger partial charge in [0.25, 0.3) is 0 Å². The van der Waals surface area contributed by atoms with Gasteiger partial charge in [0.2, 0.25) is 0 Å². The number of benzene rings is 2. The van der Waals surface area contributed by atoms with E-state index in [1.807, 2.05) is 24.3 Å². The van der Waals surface area contributed by atoms with Crippen LogP contribution in [0.15, 0.2) is 48.5 Å². The molecule has 1 aliphatic rings. The zero-order chi connectivity index (χ0) is 16.4. The highest BCUT2D eigenvalue weighted by Crippen LogP contribution is 2.40. The molecule has 0 heterocycles. The Morgan fingerprint density at radius 2 is 1.87 bits per heavy atom. The Morgan fingerprint density at radius 3 is 2.52 bits per heavy atom. The number of hydrogen-bond acceptors (Lipinski definition) is 3. The second-order valence-corrected chi connectivity index (χ2v) is 6.05. The van der Waals surface area contributed by atoms with Crippen LogP contribution in [0.1, 0.15) is 24.3 Å². The van der Waals surface area contributed by atoms with Crippen molar-refractivity contribution in [3.05, 3.63) is 59.9 Å². The number of hydroxylamine groups is 2. The Bertz CT molecular complexity index is 702. The van der Waals surface area contributed by atoms with Gasteiger partial charge in [0.15, 0.2) is 5.11 Å². The van der Waals surface area contributed by atoms with Gasteiger partial charge in [-0.05, 0) is 72.9 Å². The molecule has 120 valence electrons. The maximum atomic E-state index is 12.9. The van der Waals surface area contributed by atoms with Gasteiger partial charge in [-0.1, -0.05) is 12.1 Å². The first-order valence-electron chi connectivity index (χ1n) is 7.34. The van der Waals surface area contributed by atoms with E-state index in [0.717, 1.165) is 23.5 Å². The summed E-state index contributed by atoms with van der Waals surface area (Å²) in [7, 11) is 0. The predicted molar refractivity (Wildman–Crippen MR) is 89.1 cm³/mol. The molecule has 0 aromatic heterocycles. The van der Waals surface area contributed by atoms with E-state index < -0.39 is 0 Å². The van der Waals surface area contributed by atoms with Gasteiger partial charge in [0.05, 0.1) is 6.04 Å². The summed E-state index contributed by atoms with van der Waals surface area (Å²) in [5, 5.41) is 10.7. The third-order valence-corrected chi connectivity index (χ3v) is 4.25. The molecule has 0 amide bonds. The lowest BCUT2D eigenvalue weighted by Crippen LogP contribution is -2.47. The molecule has 2 aromatic carbocycles. The van der Waals surface area contributed by atoms with Gasteiger partial charge in [-0.15, -0.1) is 0 Å². The van der Waals surface area contributed by atoms with E-state index in [0.29, 0.717) is 17.4 Å². The first-order chi connectivity index (χ1) is 11.0. The highest BCUT2D eigenvalue weighted by Gasteiger charge is 2.35. The number of ether oxygens (including phenoxy) is 1. The van der Waals surface area contributed by atoms with E-state index in [-0.39, 0.29) is 17.0 Å². The Labute approximate surface area is 139 Å². The zero-order valence-corrected chi connectivity index (χ0v) is 13.2. The third kappa shape index (κ3) is 3.60. The van der Waals surface area contributed by atoms with Crippen LogP contribution in [0.25, 0.3) is 0 Å². The minimum absolute atomic E-state index is 0.00171. The molecule has 2 aromatic rings. The van der Waals surface area contributed by atoms with Crippen molar-refractivity contribution in [1.29, 1.82) is 0 Å². The smallest absolute Gasteiger partial charge is 0.190 e. The number of halogens is 1. The van der Waals surface area contributed by atoms with Gasteiger partial charge in [0, 0.05) is 0 Å². The molecular weight excluding hydrogens is 315 g/mol. The van der Waals surface area contributed by atoms with Gasteiger partial charge in [-0.2, -0.15) is 0 Å². The second-order valence-electron chi connectivity index (χ2n) is 5.63. The Balaban J connectivity index is 1.65. The van der Waals surface area contributed by atoms with Crippen LogP contribution in [-0.4, -0.2) is 21.4 Å². The lowest BCUT2D eigenvalue weighted by Gasteiger charge is -2.40. The first-order valence-corrected chi connectivity index (χ1v) is 7.74. The van der Waals surface area contributed by atoms with E-state index in [1.54, 1.807) is 12.1 Å². The topological polar surface area (TPSA) is 58.7 Å². The summed E-state index contributed by atoms with van der Waals surface area (Å²) in [6.45, 7) is 0. The predicted octanol–water partition coefficient (Wildman–Crippen LogP) is 3.80. The molecule has 1 saturated carbocycles. The van der Waals surface area contributed by atoms with Crippen LogP contribution in [0.3, 0.4) is 0 Å². The second kappa shape index (κ2) is 6.52. The Kier molecular flexibility index (Phi) is 4.45. The fourth-order valence-corrected chi connectivity index (χ4v) is 2.86. The van der Waals surface area contributed by atoms with E-state index in [1.165, 1.54) is 12.1 Å². The molecule has 1 aliphatic carbocycles. The molecular formula is C17H17FN2O2S. The number of nitrogens with zero attached hydrogens (tertiary/aromatic N) is 1. The molecule has 0 radical (unpaired) electrons. The fourth-order valence-electron chi connectivity index (χ4n) is 2.71. The number of rotatable bonds is 4. The average Bonchev–Trinajstić information content (AvgIpc) is 2.48. The monoisotopic (exact) mass is 332 g/mol. The van der Waals surface area contributed by atoms with E-state index in [2.05, 4.69) is 0 Å². The normalized spacial score (nSPS) is 19.7. The molecule has 0 bridgehead atoms. The van der Waals surface area contributed by atoms with E-state index in [9.17, 15) is 9.60 Å². The molecule has 0 atom stereocenters. The van der Waals surface area contributed by atoms with E-state index >= 15 is 0 Å². The van der Waals surface area contributed by atoms with Crippen molar-refractivity contribution in [2.45, 2.75) is 24.8 Å². The van der Waals surface area contributed by atoms with Gasteiger partial charge in [-0.3, -0.25) is 5.21 Å². The van der Waals surface area contributed by atoms with Crippen LogP contribution in [-0.2, 0) is 0 Å². The van der Waals surface area contributed by atoms with Crippen molar-refractivity contribution in [2.24, 2.45) is 5.73 Å². The van der Waals surface area contributed by atoms with Crippen molar-refractivity contribution in [3.8, 4) is 11.5 Å². The summed E-state index contributed by atoms with van der Waals surface area (Å²) in [5.74, 6) is 1.33. The van der Waals surface area contributed by atoms with Crippen molar-refractivity contribution in [3.63, 3.8) is 0 Å². The van der Waals surface area contributed by atoms with Crippen LogP contribution in [0.2, 0.25) is 0 Å². The molecule has 6 heteroatoms. The van der Waals surface area contributed by atoms with E-state index in [4.69, 9.17) is 22.7 Å². The third-order valence-electron chi connectivity index (χ3n) is 4.06. The minimum atomic E-state index is -0.294. The summed E-state index contributed by atoms with van der Waals surface area (Å²) < 4.78 is 18.6. The quantitative estimate of drug-likeness (QED) is 0.659. The highest BCUT2D eigenvalue weighted by atomic mass is 32.1. The Morgan fingerprint density at radius 1 is 1.17 bits per heavy atom. The first kappa shape index (κ1) is 15.7. The molecule has 0 spiro atoms. The van der Waals surface area contributed by atoms with Gasteiger partial charge in [0.1, 0.15) is 17.3 Å². The van der Waals surface area contributed by atoms with Gasteiger partial charge >= 0.3 is 0 Å². The summed E-state index contributed by atoms with van der Waals surface area (Å²) >= 11 is 4.76. The molecule has 1 fully saturated rings. The summed E-state index contributed by atoms with van der Waals surface area (Å²) in [5.41, 5.74) is 6.55. The zero-order valence-electron chi connectivity index (χ0n) is 12.4. The average molecular weight is 332 g/mol. The molecule has 0 saturated heterocycles. The highest BCUT2D eigenvalue weighted by molar-refractivity contribution is 7.80. The molecule has 4 nitrogen and oxygen atoms in total. The Hall–Kier alpha value is -2.18. The molecule has 3 rings (SSSR count). The number of nitrogens with two attached hydrogens (primary N) is 1. The van der Waals surface area contributed by atoms with Crippen LogP contribution in [0.4, 0.5) is 4.39 Å². The summed E-state index contributed by atoms with van der Waals surface area (Å²) in [6, 6.07) is 13.7. The lowest BCUT2D eigenvalue weighted by molar-refractivity contribution is -0.0823. The van der Waals surface area contributed by atoms with Crippen LogP contribution < -0.4 is 10.5 Å². The van der Waals surface area contributed by atoms with Crippen molar-refractivity contribution < 1.29 is 14.3 Å². The van der Waals surface area contributed by atoms with Crippen LogP contribution in [0, 0.1) is 5.82 Å². The maximum Gasteiger partial charge on any atom is 0.190 e. The summed E-state index contributed by atoms with van der Waals surface area (Å²) in [6.07, 6.45) is 1.57. The lowest BCUT2D eigenvalue weighted by atomic mass is 9.75. The number of hydrogen-bond donors (Lipinski definition) is 2. The van der Waals surface area contributed by atoms with Crippen LogP contribution in [0.5, 0.6) is 11.5 Å². The van der Waals surface area contributed by atoms with Crippen LogP contribution >= 0.6 is 12.2 Å². The van der Waals surface area contributed by atoms with Crippen molar-refractivity contribution in [1.82, 2.24) is 5.06 Å². The minimum Gasteiger partial charge on any atom is -0.457 e. The standard InChI is InChI=1S/C17H17FN2O2S/c18-13-4-6-15(7-5-13)22-16-3-1-2-11(10-16)12-8-14(9-12)20(21)17(19)23/h1-7,10,12,14,21H,8-9H2,(H2,19,23). The molecule has 3 N–H and O–H groups in total. The van der Waals surface area contributed by atoms with Crippen molar-refractivity contribution in [2.75, 3.05) is 0 Å².